The molecule has 194 valence electrons. The van der Waals surface area contributed by atoms with Crippen molar-refractivity contribution in [3.8, 4) is 5.75 Å². The molecule has 0 radical (unpaired) electrons. The summed E-state index contributed by atoms with van der Waals surface area (Å²) in [6.07, 6.45) is 2.42. The number of hydrogen-bond acceptors (Lipinski definition) is 3. The van der Waals surface area contributed by atoms with Gasteiger partial charge in [-0.25, -0.2) is 0 Å². The topological polar surface area (TPSA) is 51.5 Å². The number of rotatable bonds is 9. The third kappa shape index (κ3) is 5.42. The minimum Gasteiger partial charge on any atom is -0.489 e. The van der Waals surface area contributed by atoms with Crippen LogP contribution in [-0.4, -0.2) is 15.6 Å². The molecule has 4 nitrogen and oxygen atoms in total. The summed E-state index contributed by atoms with van der Waals surface area (Å²) in [5.41, 5.74) is 4.97. The first-order valence-corrected chi connectivity index (χ1v) is 14.0. The van der Waals surface area contributed by atoms with E-state index in [0.29, 0.717) is 24.6 Å². The number of carboxylic acids is 1. The molecule has 0 saturated heterocycles. The minimum absolute atomic E-state index is 0.415. The summed E-state index contributed by atoms with van der Waals surface area (Å²) in [5.74, 6) is -0.776. The van der Waals surface area contributed by atoms with E-state index < -0.39 is 11.9 Å². The zero-order valence-corrected chi connectivity index (χ0v) is 22.7. The minimum atomic E-state index is -0.838. The zero-order valence-electron chi connectivity index (χ0n) is 21.1. The van der Waals surface area contributed by atoms with Gasteiger partial charge >= 0.3 is 5.97 Å². The van der Waals surface area contributed by atoms with Crippen molar-refractivity contribution in [2.45, 2.75) is 25.5 Å². The van der Waals surface area contributed by atoms with E-state index in [1.807, 2.05) is 103 Å². The number of hydrogen-bond donors (Lipinski definition) is 1. The molecule has 4 aromatic carbocycles. The lowest BCUT2D eigenvalue weighted by molar-refractivity contribution is -0.138. The Kier molecular flexibility index (Phi) is 7.10. The number of carboxylic acid groups (broad SMARTS) is 1. The Hall–Kier alpha value is -4.06. The predicted octanol–water partition coefficient (Wildman–Crippen LogP) is 8.55. The molecule has 6 aromatic rings. The summed E-state index contributed by atoms with van der Waals surface area (Å²) < 4.78 is 9.46. The molecule has 1 unspecified atom stereocenters. The van der Waals surface area contributed by atoms with Gasteiger partial charge in [-0.05, 0) is 69.8 Å². The van der Waals surface area contributed by atoms with Crippen LogP contribution in [0.3, 0.4) is 0 Å². The van der Waals surface area contributed by atoms with E-state index in [0.717, 1.165) is 44.3 Å². The average molecular weight is 552 g/mol. The molecule has 0 bridgehead atoms. The van der Waals surface area contributed by atoms with Crippen LogP contribution in [0, 0.1) is 0 Å². The van der Waals surface area contributed by atoms with E-state index in [1.165, 1.54) is 4.70 Å². The van der Waals surface area contributed by atoms with Gasteiger partial charge in [-0.15, -0.1) is 11.3 Å². The first-order valence-electron chi connectivity index (χ1n) is 12.8. The molecular formula is C33H26ClNO3S. The number of fused-ring (bicyclic) bond motifs is 2. The molecule has 0 aliphatic rings. The number of nitrogens with zero attached hydrogens (tertiary/aromatic N) is 1. The molecule has 1 atom stereocenters. The second kappa shape index (κ2) is 11.0. The number of aromatic nitrogens is 1. The Labute approximate surface area is 235 Å². The van der Waals surface area contributed by atoms with Gasteiger partial charge in [0.25, 0.3) is 0 Å². The second-order valence-corrected chi connectivity index (χ2v) is 11.0. The number of halogens is 1. The van der Waals surface area contributed by atoms with Crippen LogP contribution in [0.15, 0.2) is 109 Å². The lowest BCUT2D eigenvalue weighted by Crippen LogP contribution is -2.14. The lowest BCUT2D eigenvalue weighted by atomic mass is 9.92. The number of ether oxygens (including phenoxy) is 1. The fraction of sp³-hybridized carbons (Fsp3) is 0.121. The maximum absolute atomic E-state index is 12.6. The van der Waals surface area contributed by atoms with E-state index in [-0.39, 0.29) is 0 Å². The third-order valence-electron chi connectivity index (χ3n) is 7.05. The largest absolute Gasteiger partial charge is 0.489 e. The normalized spacial score (nSPS) is 12.1. The molecular weight excluding hydrogens is 526 g/mol. The number of thiophene rings is 1. The monoisotopic (exact) mass is 551 g/mol. The zero-order chi connectivity index (χ0) is 26.8. The molecule has 0 fully saturated rings. The Morgan fingerprint density at radius 3 is 2.38 bits per heavy atom. The van der Waals surface area contributed by atoms with Gasteiger partial charge in [-0.1, -0.05) is 72.3 Å². The summed E-state index contributed by atoms with van der Waals surface area (Å²) >= 11 is 8.01. The van der Waals surface area contributed by atoms with Crippen LogP contribution in [0.1, 0.15) is 28.2 Å². The van der Waals surface area contributed by atoms with E-state index in [1.54, 1.807) is 11.3 Å². The molecule has 0 spiro atoms. The van der Waals surface area contributed by atoms with Crippen LogP contribution in [0.5, 0.6) is 5.75 Å². The summed E-state index contributed by atoms with van der Waals surface area (Å²) in [4.78, 5) is 12.6. The van der Waals surface area contributed by atoms with Gasteiger partial charge in [0.05, 0.1) is 11.4 Å². The number of carbonyl (C=O) groups is 1. The first-order chi connectivity index (χ1) is 19.0. The Morgan fingerprint density at radius 1 is 0.897 bits per heavy atom. The summed E-state index contributed by atoms with van der Waals surface area (Å²) in [5, 5.41) is 15.2. The van der Waals surface area contributed by atoms with Crippen LogP contribution >= 0.6 is 22.9 Å². The molecule has 1 N–H and O–H groups in total. The van der Waals surface area contributed by atoms with Crippen molar-refractivity contribution in [2.75, 3.05) is 0 Å². The van der Waals surface area contributed by atoms with E-state index >= 15 is 0 Å². The number of benzene rings is 4. The van der Waals surface area contributed by atoms with Gasteiger partial charge in [0.2, 0.25) is 0 Å². The quantitative estimate of drug-likeness (QED) is 0.196. The van der Waals surface area contributed by atoms with Gasteiger partial charge in [0, 0.05) is 33.9 Å². The van der Waals surface area contributed by atoms with Crippen LogP contribution in [0.4, 0.5) is 0 Å². The summed E-state index contributed by atoms with van der Waals surface area (Å²) in [7, 11) is 0. The summed E-state index contributed by atoms with van der Waals surface area (Å²) in [6.45, 7) is 1.05. The maximum Gasteiger partial charge on any atom is 0.311 e. The van der Waals surface area contributed by atoms with Crippen molar-refractivity contribution in [1.29, 1.82) is 0 Å². The highest BCUT2D eigenvalue weighted by molar-refractivity contribution is 7.17. The molecule has 6 heteroatoms. The van der Waals surface area contributed by atoms with Crippen molar-refractivity contribution in [3.05, 3.63) is 136 Å². The second-order valence-electron chi connectivity index (χ2n) is 9.65. The van der Waals surface area contributed by atoms with Gasteiger partial charge in [-0.2, -0.15) is 0 Å². The van der Waals surface area contributed by atoms with Gasteiger partial charge in [0.1, 0.15) is 12.4 Å². The molecule has 2 heterocycles. The molecule has 0 aliphatic carbocycles. The lowest BCUT2D eigenvalue weighted by Gasteiger charge is -2.12. The van der Waals surface area contributed by atoms with E-state index in [4.69, 9.17) is 16.3 Å². The third-order valence-corrected chi connectivity index (χ3v) is 8.29. The fourth-order valence-corrected chi connectivity index (χ4v) is 6.19. The van der Waals surface area contributed by atoms with Gasteiger partial charge < -0.3 is 14.4 Å². The number of aliphatic carboxylic acids is 1. The highest BCUT2D eigenvalue weighted by Gasteiger charge is 2.25. The van der Waals surface area contributed by atoms with Crippen molar-refractivity contribution in [1.82, 2.24) is 4.57 Å². The van der Waals surface area contributed by atoms with Gasteiger partial charge in [-0.3, -0.25) is 4.79 Å². The Balaban J connectivity index is 1.42. The van der Waals surface area contributed by atoms with Crippen LogP contribution < -0.4 is 4.74 Å². The van der Waals surface area contributed by atoms with Crippen LogP contribution in [0.25, 0.3) is 21.0 Å². The van der Waals surface area contributed by atoms with E-state index in [2.05, 4.69) is 9.95 Å². The van der Waals surface area contributed by atoms with E-state index in [9.17, 15) is 9.90 Å². The highest BCUT2D eigenvalue weighted by atomic mass is 35.5. The Morgan fingerprint density at radius 2 is 1.64 bits per heavy atom. The average Bonchev–Trinajstić information content (AvgIpc) is 3.52. The summed E-state index contributed by atoms with van der Waals surface area (Å²) in [6, 6.07) is 31.7. The predicted molar refractivity (Wildman–Crippen MR) is 159 cm³/mol. The molecule has 0 saturated carbocycles. The first kappa shape index (κ1) is 25.2. The fourth-order valence-electron chi connectivity index (χ4n) is 5.08. The molecule has 39 heavy (non-hydrogen) atoms. The molecule has 2 aromatic heterocycles. The smallest absolute Gasteiger partial charge is 0.311 e. The van der Waals surface area contributed by atoms with Gasteiger partial charge in [0.15, 0.2) is 0 Å². The van der Waals surface area contributed by atoms with Crippen molar-refractivity contribution in [3.63, 3.8) is 0 Å². The molecule has 0 aliphatic heterocycles. The standard InChI is InChI=1S/C33H26ClNO3S/c34-25-11-14-32-28(16-25)24(21-39-32)18-35-19-30(29(33(36)37)15-22-7-3-1-4-8-22)27-13-12-26(17-31(27)35)38-20-23-9-5-2-6-10-23/h1-14,16-17,19,21,29H,15,18,20H2,(H,36,37). The maximum atomic E-state index is 12.6. The van der Waals surface area contributed by atoms with Crippen LogP contribution in [-0.2, 0) is 24.4 Å². The highest BCUT2D eigenvalue weighted by Crippen LogP contribution is 2.35. The molecule has 0 amide bonds. The van der Waals surface area contributed by atoms with Crippen molar-refractivity contribution < 1.29 is 14.6 Å². The SMILES string of the molecule is O=C(O)C(Cc1ccccc1)c1cn(Cc2csc3ccc(Cl)cc23)c2cc(OCc3ccccc3)ccc12. The molecule has 6 rings (SSSR count). The van der Waals surface area contributed by atoms with Crippen molar-refractivity contribution >= 4 is 49.9 Å². The Bertz CT molecular complexity index is 1760. The van der Waals surface area contributed by atoms with Crippen LogP contribution in [0.2, 0.25) is 5.02 Å². The van der Waals surface area contributed by atoms with Crippen molar-refractivity contribution in [2.24, 2.45) is 0 Å².